The second kappa shape index (κ2) is 18.6. The van der Waals surface area contributed by atoms with E-state index in [1.165, 1.54) is 30.1 Å². The highest BCUT2D eigenvalue weighted by molar-refractivity contribution is 14.1. The van der Waals surface area contributed by atoms with Gasteiger partial charge in [-0.2, -0.15) is 0 Å². The Morgan fingerprint density at radius 2 is 1.53 bits per heavy atom. The number of hydrogen-bond acceptors (Lipinski definition) is 10. The molecule has 0 bridgehead atoms. The van der Waals surface area contributed by atoms with Crippen molar-refractivity contribution in [3.63, 3.8) is 0 Å². The zero-order valence-electron chi connectivity index (χ0n) is 33.2. The highest BCUT2D eigenvalue weighted by atomic mass is 127. The van der Waals surface area contributed by atoms with E-state index in [9.17, 15) is 19.2 Å². The monoisotopic (exact) mass is 962 g/mol. The van der Waals surface area contributed by atoms with Crippen LogP contribution in [-0.2, 0) is 22.1 Å². The maximum Gasteiger partial charge on any atom is 0.417 e. The van der Waals surface area contributed by atoms with E-state index in [4.69, 9.17) is 36.0 Å². The molecule has 5 N–H and O–H groups in total. The summed E-state index contributed by atoms with van der Waals surface area (Å²) < 4.78 is 15.1. The molecule has 4 aliphatic rings. The number of carbonyl (C=O) groups is 4. The molecular weight excluding hydrogens is 914 g/mol. The number of H-pyrrole nitrogens is 1. The van der Waals surface area contributed by atoms with Gasteiger partial charge in [-0.1, -0.05) is 78.7 Å². The van der Waals surface area contributed by atoms with Gasteiger partial charge in [0.05, 0.1) is 24.9 Å². The molecule has 0 radical (unpaired) electrons. The first kappa shape index (κ1) is 42.8. The van der Waals surface area contributed by atoms with E-state index in [1.807, 2.05) is 65.3 Å². The molecule has 18 heteroatoms. The van der Waals surface area contributed by atoms with Gasteiger partial charge in [-0.25, -0.2) is 14.6 Å². The van der Waals surface area contributed by atoms with E-state index >= 15 is 0 Å². The summed E-state index contributed by atoms with van der Waals surface area (Å²) in [5.74, 6) is 0.390. The summed E-state index contributed by atoms with van der Waals surface area (Å²) in [4.78, 5) is 63.5. The minimum absolute atomic E-state index is 0.00643. The second-order valence-electron chi connectivity index (χ2n) is 15.8. The number of halogens is 3. The molecule has 0 saturated carbocycles. The highest BCUT2D eigenvalue weighted by Crippen LogP contribution is 2.39. The van der Waals surface area contributed by atoms with Crippen molar-refractivity contribution < 1.29 is 31.7 Å². The van der Waals surface area contributed by atoms with E-state index in [0.717, 1.165) is 40.8 Å². The second-order valence-corrected chi connectivity index (χ2v) is 17.0. The Kier molecular flexibility index (Phi) is 13.5. The number of aromatic nitrogens is 2. The average Bonchev–Trinajstić information content (AvgIpc) is 4.04. The van der Waals surface area contributed by atoms with Crippen molar-refractivity contribution in [2.24, 2.45) is 11.8 Å². The van der Waals surface area contributed by atoms with E-state index in [0.29, 0.717) is 60.8 Å². The van der Waals surface area contributed by atoms with Crippen molar-refractivity contribution in [2.45, 2.75) is 89.3 Å². The molecule has 15 nitrogen and oxygen atoms in total. The highest BCUT2D eigenvalue weighted by Gasteiger charge is 2.44. The van der Waals surface area contributed by atoms with Gasteiger partial charge >= 0.3 is 12.2 Å². The number of methoxy groups -OCH3 is 1. The molecule has 316 valence electrons. The first-order valence-electron chi connectivity index (χ1n) is 19.9. The number of hydrogen-bond donors (Lipinski definition) is 5. The van der Waals surface area contributed by atoms with Gasteiger partial charge in [-0.05, 0) is 68.9 Å². The summed E-state index contributed by atoms with van der Waals surface area (Å²) in [6.45, 7) is 7.35. The number of nitrogens with zero attached hydrogens (tertiary/aromatic N) is 3. The molecular formula is C41H49Cl2IN8O7. The number of carbonyl (C=O) groups excluding carboxylic acids is 4. The number of ether oxygens (including phenoxy) is 2. The van der Waals surface area contributed by atoms with Gasteiger partial charge in [-0.3, -0.25) is 9.59 Å². The number of nitrogens with one attached hydrogen (secondary N) is 5. The van der Waals surface area contributed by atoms with E-state index in [-0.39, 0.29) is 47.9 Å². The third-order valence-electron chi connectivity index (χ3n) is 11.8. The number of benzene rings is 2. The number of rotatable bonds is 10. The normalized spacial score (nSPS) is 24.3. The Hall–Kier alpha value is -4.26. The van der Waals surface area contributed by atoms with Crippen molar-refractivity contribution in [1.29, 1.82) is 0 Å². The Balaban J connectivity index is 1.02. The molecule has 3 saturated heterocycles. The van der Waals surface area contributed by atoms with Gasteiger partial charge < -0.3 is 48.6 Å². The first-order chi connectivity index (χ1) is 28.4. The van der Waals surface area contributed by atoms with Gasteiger partial charge in [-0.15, -0.1) is 0 Å². The summed E-state index contributed by atoms with van der Waals surface area (Å²) in [6, 6.07) is 14.0. The van der Waals surface area contributed by atoms with Crippen molar-refractivity contribution in [1.82, 2.24) is 41.0 Å². The van der Waals surface area contributed by atoms with Gasteiger partial charge in [0.1, 0.15) is 40.1 Å². The van der Waals surface area contributed by atoms with E-state index < -0.39 is 24.3 Å². The minimum atomic E-state index is -0.742. The van der Waals surface area contributed by atoms with Crippen LogP contribution in [0.4, 0.5) is 9.59 Å². The molecule has 1 aromatic heterocycles. The van der Waals surface area contributed by atoms with Crippen molar-refractivity contribution in [3.8, 4) is 22.4 Å². The van der Waals surface area contributed by atoms with Crippen LogP contribution in [0.15, 0.2) is 53.7 Å². The minimum Gasteiger partial charge on any atom is -0.453 e. The lowest BCUT2D eigenvalue weighted by Crippen LogP contribution is -2.57. The SMILES string of the molecule is COC(=O)N[C@@H](C)C(=O)N1[C@H](C)CC[C@H]1C1NC(Cl)=C(c2ccc(-c3ccc(-c4nc([C@@H]5CC(C)CN5C(=O)[C@@H](NC(=O)OI)C5CCOCC5)[nH]c4Cl)cc3)cc2)N1. The summed E-state index contributed by atoms with van der Waals surface area (Å²) in [5, 5.41) is 13.1. The van der Waals surface area contributed by atoms with Gasteiger partial charge in [0, 0.05) is 36.9 Å². The zero-order chi connectivity index (χ0) is 42.0. The third kappa shape index (κ3) is 9.25. The lowest BCUT2D eigenvalue weighted by Gasteiger charge is -2.34. The standard InChI is InChI=1S/C41H49Cl2IN8O7/c1-21-19-30(51(20-21)39(54)33(48-41(56)59-44)28-15-17-58-18-16-28)37-47-32(35(43)50-37)27-12-8-25(9-13-27)24-6-10-26(11-7-24)31-34(42)49-36(46-31)29-14-5-22(2)52(29)38(53)23(3)45-40(55)57-4/h6-13,21-23,28-30,33,36,46,49H,5,14-20H2,1-4H3,(H,45,55)(H,47,50)(H,48,56)/t21?,22-,23+,29+,30+,33+,36?/m1/s1. The maximum atomic E-state index is 14.1. The van der Waals surface area contributed by atoms with Crippen LogP contribution in [-0.4, -0.2) is 101 Å². The maximum absolute atomic E-state index is 14.1. The molecule has 0 spiro atoms. The Morgan fingerprint density at radius 1 is 0.881 bits per heavy atom. The summed E-state index contributed by atoms with van der Waals surface area (Å²) in [5.41, 5.74) is 5.02. The predicted octanol–water partition coefficient (Wildman–Crippen LogP) is 6.69. The Morgan fingerprint density at radius 3 is 2.17 bits per heavy atom. The van der Waals surface area contributed by atoms with E-state index in [2.05, 4.69) is 37.9 Å². The molecule has 3 aromatic rings. The molecule has 4 amide bonds. The predicted molar refractivity (Wildman–Crippen MR) is 231 cm³/mol. The molecule has 7 rings (SSSR count). The Bertz CT molecular complexity index is 2060. The van der Waals surface area contributed by atoms with Gasteiger partial charge in [0.25, 0.3) is 0 Å². The summed E-state index contributed by atoms with van der Waals surface area (Å²) >= 11 is 15.1. The zero-order valence-corrected chi connectivity index (χ0v) is 36.9. The molecule has 5 heterocycles. The van der Waals surface area contributed by atoms with Gasteiger partial charge in [0.2, 0.25) is 11.8 Å². The quantitative estimate of drug-likeness (QED) is 0.109. The number of aromatic amines is 1. The topological polar surface area (TPSA) is 179 Å². The number of alkyl carbamates (subject to hydrolysis) is 1. The molecule has 4 aliphatic heterocycles. The fourth-order valence-electron chi connectivity index (χ4n) is 8.79. The van der Waals surface area contributed by atoms with Crippen LogP contribution in [0.25, 0.3) is 28.1 Å². The number of likely N-dealkylation sites (tertiary alicyclic amines) is 2. The van der Waals surface area contributed by atoms with Crippen LogP contribution in [0.1, 0.15) is 70.3 Å². The van der Waals surface area contributed by atoms with Crippen LogP contribution in [0.5, 0.6) is 0 Å². The van der Waals surface area contributed by atoms with Crippen LogP contribution in [0.3, 0.4) is 0 Å². The van der Waals surface area contributed by atoms with Crippen molar-refractivity contribution >= 4 is 75.9 Å². The van der Waals surface area contributed by atoms with Crippen LogP contribution >= 0.6 is 46.2 Å². The van der Waals surface area contributed by atoms with Crippen molar-refractivity contribution in [2.75, 3.05) is 26.9 Å². The molecule has 2 unspecified atom stereocenters. The Labute approximate surface area is 367 Å². The van der Waals surface area contributed by atoms with Crippen LogP contribution in [0, 0.1) is 11.8 Å². The molecule has 0 aliphatic carbocycles. The number of amides is 4. The summed E-state index contributed by atoms with van der Waals surface area (Å²) in [7, 11) is 1.27. The molecule has 2 aromatic carbocycles. The lowest BCUT2D eigenvalue weighted by atomic mass is 9.90. The van der Waals surface area contributed by atoms with Crippen LogP contribution < -0.4 is 21.3 Å². The van der Waals surface area contributed by atoms with Gasteiger partial charge in [0.15, 0.2) is 23.0 Å². The largest absolute Gasteiger partial charge is 0.453 e. The lowest BCUT2D eigenvalue weighted by molar-refractivity contribution is -0.137. The smallest absolute Gasteiger partial charge is 0.417 e. The molecule has 7 atom stereocenters. The number of imidazole rings is 1. The van der Waals surface area contributed by atoms with Crippen LogP contribution in [0.2, 0.25) is 5.15 Å². The fourth-order valence-corrected chi connectivity index (χ4v) is 9.44. The fraction of sp³-hybridized carbons (Fsp3) is 0.488. The first-order valence-corrected chi connectivity index (χ1v) is 21.5. The average molecular weight is 964 g/mol. The third-order valence-corrected chi connectivity index (χ3v) is 12.8. The molecule has 59 heavy (non-hydrogen) atoms. The van der Waals surface area contributed by atoms with E-state index in [1.54, 1.807) is 6.92 Å². The van der Waals surface area contributed by atoms with Crippen molar-refractivity contribution in [3.05, 3.63) is 70.2 Å². The summed E-state index contributed by atoms with van der Waals surface area (Å²) in [6.07, 6.45) is 1.99. The molecule has 3 fully saturated rings.